The molecule has 32 heavy (non-hydrogen) atoms. The van der Waals surface area contributed by atoms with Gasteiger partial charge in [-0.15, -0.1) is 0 Å². The highest BCUT2D eigenvalue weighted by atomic mass is 16.5. The van der Waals surface area contributed by atoms with E-state index in [9.17, 15) is 4.79 Å². The highest BCUT2D eigenvalue weighted by Gasteiger charge is 2.12. The van der Waals surface area contributed by atoms with Crippen LogP contribution in [-0.4, -0.2) is 25.6 Å². The van der Waals surface area contributed by atoms with Crippen LogP contribution in [0, 0.1) is 0 Å². The lowest BCUT2D eigenvalue weighted by Gasteiger charge is -2.16. The summed E-state index contributed by atoms with van der Waals surface area (Å²) in [4.78, 5) is 11.1. The summed E-state index contributed by atoms with van der Waals surface area (Å²) in [5.41, 5.74) is 3.45. The van der Waals surface area contributed by atoms with Crippen LogP contribution in [0.3, 0.4) is 0 Å². The second-order valence-electron chi connectivity index (χ2n) is 7.38. The molecular formula is C28H36O4. The predicted molar refractivity (Wildman–Crippen MR) is 129 cm³/mol. The topological polar surface area (TPSA) is 48.7 Å². The molecule has 1 heterocycles. The van der Waals surface area contributed by atoms with Crippen LogP contribution in [0.1, 0.15) is 66.6 Å². The van der Waals surface area contributed by atoms with Crippen LogP contribution in [0.5, 0.6) is 0 Å². The van der Waals surface area contributed by atoms with Crippen molar-refractivity contribution in [3.05, 3.63) is 94.9 Å². The molecule has 172 valence electrons. The fraction of sp³-hybridized carbons (Fsp3) is 0.393. The number of hydrogen-bond acceptors (Lipinski definition) is 4. The highest BCUT2D eigenvalue weighted by Crippen LogP contribution is 2.20. The van der Waals surface area contributed by atoms with Gasteiger partial charge in [0.2, 0.25) is 0 Å². The zero-order valence-electron chi connectivity index (χ0n) is 19.6. The van der Waals surface area contributed by atoms with Crippen molar-refractivity contribution < 1.29 is 18.7 Å². The monoisotopic (exact) mass is 436 g/mol. The molecule has 3 rings (SSSR count). The Bertz CT molecular complexity index is 871. The lowest BCUT2D eigenvalue weighted by molar-refractivity contribution is -0.0267. The molecule has 0 bridgehead atoms. The molecular weight excluding hydrogens is 400 g/mol. The third kappa shape index (κ3) is 8.81. The van der Waals surface area contributed by atoms with Crippen LogP contribution in [0.4, 0.5) is 0 Å². The number of ether oxygens (including phenoxy) is 2. The molecule has 0 amide bonds. The van der Waals surface area contributed by atoms with Gasteiger partial charge in [0.1, 0.15) is 5.76 Å². The molecule has 0 N–H and O–H groups in total. The number of carbonyl (C=O) groups is 1. The molecule has 0 saturated heterocycles. The van der Waals surface area contributed by atoms with Gasteiger partial charge >= 0.3 is 0 Å². The van der Waals surface area contributed by atoms with Gasteiger partial charge < -0.3 is 13.9 Å². The predicted octanol–water partition coefficient (Wildman–Crippen LogP) is 6.65. The fourth-order valence-corrected chi connectivity index (χ4v) is 3.35. The van der Waals surface area contributed by atoms with Crippen LogP contribution in [0.15, 0.2) is 71.1 Å². The molecule has 3 aromatic rings. The Morgan fingerprint density at radius 2 is 1.62 bits per heavy atom. The summed E-state index contributed by atoms with van der Waals surface area (Å²) in [5, 5.41) is 0. The van der Waals surface area contributed by atoms with Crippen LogP contribution >= 0.6 is 0 Å². The van der Waals surface area contributed by atoms with E-state index in [0.29, 0.717) is 25.6 Å². The van der Waals surface area contributed by atoms with Gasteiger partial charge in [0.15, 0.2) is 12.0 Å². The van der Waals surface area contributed by atoms with Gasteiger partial charge in [-0.2, -0.15) is 0 Å². The Morgan fingerprint density at radius 3 is 2.25 bits per heavy atom. The lowest BCUT2D eigenvalue weighted by Crippen LogP contribution is -2.19. The molecule has 0 saturated carbocycles. The summed E-state index contributed by atoms with van der Waals surface area (Å²) in [6.07, 6.45) is 4.11. The largest absolute Gasteiger partial charge is 0.458 e. The number of furan rings is 1. The maximum absolute atomic E-state index is 11.1. The molecule has 2 aromatic carbocycles. The number of rotatable bonds is 13. The molecule has 0 unspecified atom stereocenters. The van der Waals surface area contributed by atoms with Gasteiger partial charge in [0, 0.05) is 19.4 Å². The quantitative estimate of drug-likeness (QED) is 0.222. The summed E-state index contributed by atoms with van der Waals surface area (Å²) >= 11 is 0. The first kappa shape index (κ1) is 25.6. The van der Waals surface area contributed by atoms with Gasteiger partial charge in [-0.05, 0) is 35.6 Å². The number of carbonyl (C=O) groups excluding carboxylic acids is 1. The molecule has 0 fully saturated rings. The zero-order valence-corrected chi connectivity index (χ0v) is 19.6. The molecule has 0 aliphatic carbocycles. The number of benzene rings is 2. The second-order valence-corrected chi connectivity index (χ2v) is 7.38. The van der Waals surface area contributed by atoms with Crippen LogP contribution in [0.25, 0.3) is 0 Å². The molecule has 0 aliphatic rings. The summed E-state index contributed by atoms with van der Waals surface area (Å²) < 4.78 is 17.5. The normalized spacial score (nSPS) is 11.5. The van der Waals surface area contributed by atoms with Crippen molar-refractivity contribution in [3.8, 4) is 0 Å². The third-order valence-electron chi connectivity index (χ3n) is 5.05. The molecule has 1 atom stereocenters. The standard InChI is InChI=1S/C26H30O4.C2H6/c1-2-24(29-19-22-12-7-4-8-13-22)20-28-15-9-14-26-23(17-25(18-27)30-26)16-21-10-5-3-6-11-21;1-2/h3-8,10-13,17-18,24H,2,9,14-16,19-20H2,1H3;1-2H3/t24-;/m1./s1. The van der Waals surface area contributed by atoms with Crippen molar-refractivity contribution in [1.82, 2.24) is 0 Å². The van der Waals surface area contributed by atoms with E-state index in [1.165, 1.54) is 11.1 Å². The lowest BCUT2D eigenvalue weighted by atomic mass is 10.0. The smallest absolute Gasteiger partial charge is 0.185 e. The van der Waals surface area contributed by atoms with E-state index < -0.39 is 0 Å². The summed E-state index contributed by atoms with van der Waals surface area (Å²) in [6, 6.07) is 22.2. The molecule has 0 spiro atoms. The Labute approximate surface area is 192 Å². The maximum atomic E-state index is 11.1. The van der Waals surface area contributed by atoms with E-state index >= 15 is 0 Å². The van der Waals surface area contributed by atoms with E-state index in [0.717, 1.165) is 43.3 Å². The van der Waals surface area contributed by atoms with E-state index in [2.05, 4.69) is 31.2 Å². The number of hydrogen-bond donors (Lipinski definition) is 0. The first-order valence-corrected chi connectivity index (χ1v) is 11.6. The van der Waals surface area contributed by atoms with Gasteiger partial charge in [0.25, 0.3) is 0 Å². The Hall–Kier alpha value is -2.69. The van der Waals surface area contributed by atoms with Crippen molar-refractivity contribution in [3.63, 3.8) is 0 Å². The minimum absolute atomic E-state index is 0.0872. The summed E-state index contributed by atoms with van der Waals surface area (Å²) in [7, 11) is 0. The van der Waals surface area contributed by atoms with Crippen molar-refractivity contribution in [2.45, 2.75) is 59.2 Å². The van der Waals surface area contributed by atoms with Crippen molar-refractivity contribution in [2.75, 3.05) is 13.2 Å². The minimum atomic E-state index is 0.0872. The Balaban J connectivity index is 0.00000176. The van der Waals surface area contributed by atoms with E-state index in [1.807, 2.05) is 56.3 Å². The Kier molecular flexibility index (Phi) is 12.1. The van der Waals surface area contributed by atoms with Crippen LogP contribution < -0.4 is 0 Å². The molecule has 4 nitrogen and oxygen atoms in total. The third-order valence-corrected chi connectivity index (χ3v) is 5.05. The summed E-state index contributed by atoms with van der Waals surface area (Å²) in [5.74, 6) is 1.26. The average molecular weight is 437 g/mol. The number of aryl methyl sites for hydroxylation is 1. The molecule has 0 radical (unpaired) electrons. The van der Waals surface area contributed by atoms with Gasteiger partial charge in [-0.3, -0.25) is 4.79 Å². The van der Waals surface area contributed by atoms with Crippen LogP contribution in [0.2, 0.25) is 0 Å². The maximum Gasteiger partial charge on any atom is 0.185 e. The van der Waals surface area contributed by atoms with Crippen molar-refractivity contribution in [1.29, 1.82) is 0 Å². The minimum Gasteiger partial charge on any atom is -0.458 e. The van der Waals surface area contributed by atoms with Crippen molar-refractivity contribution in [2.24, 2.45) is 0 Å². The van der Waals surface area contributed by atoms with E-state index in [1.54, 1.807) is 0 Å². The van der Waals surface area contributed by atoms with Gasteiger partial charge in [-0.25, -0.2) is 0 Å². The fourth-order valence-electron chi connectivity index (χ4n) is 3.35. The second kappa shape index (κ2) is 15.2. The molecule has 0 aliphatic heterocycles. The zero-order chi connectivity index (χ0) is 23.0. The highest BCUT2D eigenvalue weighted by molar-refractivity contribution is 5.71. The van der Waals surface area contributed by atoms with Gasteiger partial charge in [-0.1, -0.05) is 81.4 Å². The summed E-state index contributed by atoms with van der Waals surface area (Å²) in [6.45, 7) is 7.93. The van der Waals surface area contributed by atoms with E-state index in [4.69, 9.17) is 13.9 Å². The number of aldehydes is 1. The first-order chi connectivity index (χ1) is 15.8. The molecule has 1 aromatic heterocycles. The van der Waals surface area contributed by atoms with Gasteiger partial charge in [0.05, 0.1) is 19.3 Å². The Morgan fingerprint density at radius 1 is 0.969 bits per heavy atom. The van der Waals surface area contributed by atoms with Crippen LogP contribution in [-0.2, 0) is 28.9 Å². The van der Waals surface area contributed by atoms with E-state index in [-0.39, 0.29) is 6.10 Å². The average Bonchev–Trinajstić information content (AvgIpc) is 3.25. The van der Waals surface area contributed by atoms with Crippen molar-refractivity contribution >= 4 is 6.29 Å². The SMILES string of the molecule is CC.CC[C@H](COCCCc1oc(C=O)cc1Cc1ccccc1)OCc1ccccc1. The molecule has 4 heteroatoms. The first-order valence-electron chi connectivity index (χ1n) is 11.6.